The van der Waals surface area contributed by atoms with Gasteiger partial charge in [-0.3, -0.25) is 24.1 Å². The Morgan fingerprint density at radius 2 is 1.65 bits per heavy atom. The molecule has 172 valence electrons. The Kier molecular flexibility index (Phi) is 5.73. The third-order valence-electron chi connectivity index (χ3n) is 6.43. The number of esters is 1. The van der Waals surface area contributed by atoms with E-state index < -0.39 is 35.8 Å². The Labute approximate surface area is 201 Å². The second-order valence-corrected chi connectivity index (χ2v) is 9.91. The average Bonchev–Trinajstić information content (AvgIpc) is 3.18. The average molecular weight is 474 g/mol. The number of rotatable bonds is 5. The van der Waals surface area contributed by atoms with Gasteiger partial charge in [-0.2, -0.15) is 0 Å². The smallest absolute Gasteiger partial charge is 0.309 e. The molecule has 3 atom stereocenters. The standard InChI is InChI=1S/C27H23NO5S/c1-15(14-34-16(2)29)27(32)33-22-13-18-7-3-4-10-19(18)24(22)28-25(30)20-11-5-8-17-9-6-12-21(23(17)20)26(28)31/h3-12,15,22,24H,13-14H2,1-2H3/t15-,22-,24+/m1/s1. The fourth-order valence-corrected chi connectivity index (χ4v) is 5.45. The molecule has 0 unspecified atom stereocenters. The van der Waals surface area contributed by atoms with E-state index in [9.17, 15) is 19.2 Å². The van der Waals surface area contributed by atoms with E-state index in [1.807, 2.05) is 48.5 Å². The van der Waals surface area contributed by atoms with E-state index in [1.165, 1.54) is 11.8 Å². The molecule has 0 saturated carbocycles. The van der Waals surface area contributed by atoms with E-state index in [-0.39, 0.29) is 5.12 Å². The number of benzene rings is 3. The minimum absolute atomic E-state index is 0.0665. The fourth-order valence-electron chi connectivity index (χ4n) is 4.83. The highest BCUT2D eigenvalue weighted by atomic mass is 32.2. The zero-order valence-electron chi connectivity index (χ0n) is 18.8. The monoisotopic (exact) mass is 473 g/mol. The quantitative estimate of drug-likeness (QED) is 0.399. The van der Waals surface area contributed by atoms with Crippen molar-refractivity contribution in [1.29, 1.82) is 0 Å². The summed E-state index contributed by atoms with van der Waals surface area (Å²) in [7, 11) is 0. The lowest BCUT2D eigenvalue weighted by atomic mass is 9.92. The van der Waals surface area contributed by atoms with Crippen LogP contribution in [0.15, 0.2) is 60.7 Å². The van der Waals surface area contributed by atoms with Crippen LogP contribution in [-0.2, 0) is 20.7 Å². The minimum Gasteiger partial charge on any atom is -0.459 e. The highest BCUT2D eigenvalue weighted by Gasteiger charge is 2.46. The van der Waals surface area contributed by atoms with Crippen LogP contribution in [0, 0.1) is 5.92 Å². The number of thioether (sulfide) groups is 1. The van der Waals surface area contributed by atoms with Gasteiger partial charge in [0.05, 0.1) is 5.92 Å². The van der Waals surface area contributed by atoms with Crippen LogP contribution in [0.25, 0.3) is 10.8 Å². The predicted octanol–water partition coefficient (Wildman–Crippen LogP) is 4.56. The van der Waals surface area contributed by atoms with Crippen LogP contribution >= 0.6 is 11.8 Å². The predicted molar refractivity (Wildman–Crippen MR) is 130 cm³/mol. The molecule has 34 heavy (non-hydrogen) atoms. The van der Waals surface area contributed by atoms with Gasteiger partial charge in [0, 0.05) is 35.6 Å². The summed E-state index contributed by atoms with van der Waals surface area (Å²) in [6.45, 7) is 3.17. The van der Waals surface area contributed by atoms with Crippen LogP contribution in [0.1, 0.15) is 51.7 Å². The highest BCUT2D eigenvalue weighted by Crippen LogP contribution is 2.42. The number of hydrogen-bond donors (Lipinski definition) is 0. The summed E-state index contributed by atoms with van der Waals surface area (Å²) in [5, 5.41) is 1.43. The van der Waals surface area contributed by atoms with Crippen molar-refractivity contribution in [2.45, 2.75) is 32.4 Å². The number of hydrogen-bond acceptors (Lipinski definition) is 6. The van der Waals surface area contributed by atoms with Crippen molar-refractivity contribution in [3.05, 3.63) is 82.9 Å². The van der Waals surface area contributed by atoms with Gasteiger partial charge in [-0.25, -0.2) is 0 Å². The number of amides is 2. The molecule has 3 aromatic rings. The molecule has 1 aliphatic carbocycles. The molecule has 3 aromatic carbocycles. The second kappa shape index (κ2) is 8.72. The van der Waals surface area contributed by atoms with Crippen molar-refractivity contribution in [2.24, 2.45) is 5.92 Å². The fraction of sp³-hybridized carbons (Fsp3) is 0.259. The summed E-state index contributed by atoms with van der Waals surface area (Å²) >= 11 is 1.07. The van der Waals surface area contributed by atoms with Crippen LogP contribution < -0.4 is 0 Å². The van der Waals surface area contributed by atoms with E-state index in [4.69, 9.17) is 4.74 Å². The Bertz CT molecular complexity index is 1300. The first-order valence-electron chi connectivity index (χ1n) is 11.2. The second-order valence-electron chi connectivity index (χ2n) is 8.72. The lowest BCUT2D eigenvalue weighted by molar-refractivity contribution is -0.154. The Balaban J connectivity index is 1.52. The molecule has 0 saturated heterocycles. The molecule has 5 rings (SSSR count). The van der Waals surface area contributed by atoms with Gasteiger partial charge in [-0.05, 0) is 28.6 Å². The SMILES string of the molecule is CC(=O)SC[C@@H](C)C(=O)O[C@@H]1Cc2ccccc2[C@@H]1N1C(=O)c2cccc3cccc(c23)C1=O. The number of nitrogens with zero attached hydrogens (tertiary/aromatic N) is 1. The summed E-state index contributed by atoms with van der Waals surface area (Å²) in [5.74, 6) is -1.42. The molecule has 0 N–H and O–H groups in total. The Morgan fingerprint density at radius 3 is 2.29 bits per heavy atom. The van der Waals surface area contributed by atoms with Crippen LogP contribution in [0.2, 0.25) is 0 Å². The summed E-state index contributed by atoms with van der Waals surface area (Å²) in [6, 6.07) is 17.7. The van der Waals surface area contributed by atoms with E-state index in [0.717, 1.165) is 28.3 Å². The number of fused-ring (bicyclic) bond motifs is 1. The van der Waals surface area contributed by atoms with E-state index in [2.05, 4.69) is 0 Å². The van der Waals surface area contributed by atoms with Gasteiger partial charge in [-0.1, -0.05) is 67.2 Å². The molecule has 2 aliphatic rings. The van der Waals surface area contributed by atoms with Gasteiger partial charge in [0.15, 0.2) is 5.12 Å². The number of ether oxygens (including phenoxy) is 1. The van der Waals surface area contributed by atoms with Crippen molar-refractivity contribution in [2.75, 3.05) is 5.75 Å². The summed E-state index contributed by atoms with van der Waals surface area (Å²) in [5.41, 5.74) is 2.68. The van der Waals surface area contributed by atoms with Crippen LogP contribution in [0.4, 0.5) is 0 Å². The molecule has 6 nitrogen and oxygen atoms in total. The molecule has 0 aromatic heterocycles. The molecule has 1 heterocycles. The van der Waals surface area contributed by atoms with Crippen molar-refractivity contribution in [3.8, 4) is 0 Å². The Hall–Kier alpha value is -3.45. The van der Waals surface area contributed by atoms with E-state index >= 15 is 0 Å². The van der Waals surface area contributed by atoms with Gasteiger partial charge < -0.3 is 4.74 Å². The lowest BCUT2D eigenvalue weighted by Crippen LogP contribution is -2.46. The van der Waals surface area contributed by atoms with Gasteiger partial charge in [0.1, 0.15) is 12.1 Å². The van der Waals surface area contributed by atoms with E-state index in [0.29, 0.717) is 28.7 Å². The third-order valence-corrected chi connectivity index (χ3v) is 7.51. The number of carbonyl (C=O) groups is 4. The zero-order chi connectivity index (χ0) is 24.0. The van der Waals surface area contributed by atoms with Gasteiger partial charge >= 0.3 is 5.97 Å². The van der Waals surface area contributed by atoms with Gasteiger partial charge in [-0.15, -0.1) is 0 Å². The molecule has 2 amide bonds. The number of carbonyl (C=O) groups excluding carboxylic acids is 4. The third kappa shape index (κ3) is 3.70. The maximum Gasteiger partial charge on any atom is 0.309 e. The lowest BCUT2D eigenvalue weighted by Gasteiger charge is -2.35. The van der Waals surface area contributed by atoms with Gasteiger partial charge in [0.25, 0.3) is 11.8 Å². The van der Waals surface area contributed by atoms with E-state index in [1.54, 1.807) is 19.1 Å². The summed E-state index contributed by atoms with van der Waals surface area (Å²) in [4.78, 5) is 52.8. The zero-order valence-corrected chi connectivity index (χ0v) is 19.6. The molecule has 0 spiro atoms. The Morgan fingerprint density at radius 1 is 1.00 bits per heavy atom. The van der Waals surface area contributed by atoms with Crippen molar-refractivity contribution >= 4 is 45.4 Å². The molecule has 0 bridgehead atoms. The first-order chi connectivity index (χ1) is 16.4. The number of imide groups is 1. The molecule has 7 heteroatoms. The van der Waals surface area contributed by atoms with Crippen molar-refractivity contribution in [3.63, 3.8) is 0 Å². The molecular weight excluding hydrogens is 450 g/mol. The van der Waals surface area contributed by atoms with Gasteiger partial charge in [0.2, 0.25) is 0 Å². The highest BCUT2D eigenvalue weighted by molar-refractivity contribution is 8.13. The summed E-state index contributed by atoms with van der Waals surface area (Å²) in [6.07, 6.45) is -0.297. The van der Waals surface area contributed by atoms with Crippen molar-refractivity contribution < 1.29 is 23.9 Å². The molecular formula is C27H23NO5S. The minimum atomic E-state index is -0.726. The maximum absolute atomic E-state index is 13.7. The summed E-state index contributed by atoms with van der Waals surface area (Å²) < 4.78 is 5.90. The van der Waals surface area contributed by atoms with Crippen molar-refractivity contribution in [1.82, 2.24) is 4.90 Å². The van der Waals surface area contributed by atoms with Crippen LogP contribution in [-0.4, -0.2) is 39.7 Å². The van der Waals surface area contributed by atoms with Crippen LogP contribution in [0.5, 0.6) is 0 Å². The molecule has 0 radical (unpaired) electrons. The normalized spacial score (nSPS) is 19.8. The largest absolute Gasteiger partial charge is 0.459 e. The van der Waals surface area contributed by atoms with Crippen LogP contribution in [0.3, 0.4) is 0 Å². The first-order valence-corrected chi connectivity index (χ1v) is 12.2. The maximum atomic E-state index is 13.7. The molecule has 0 fully saturated rings. The first kappa shape index (κ1) is 22.3. The topological polar surface area (TPSA) is 80.8 Å². The molecule has 1 aliphatic heterocycles.